The first-order valence-corrected chi connectivity index (χ1v) is 8.54. The summed E-state index contributed by atoms with van der Waals surface area (Å²) in [5.74, 6) is -0.0233. The van der Waals surface area contributed by atoms with Gasteiger partial charge in [-0.15, -0.1) is 0 Å². The fourth-order valence-electron chi connectivity index (χ4n) is 2.41. The Morgan fingerprint density at radius 3 is 2.04 bits per heavy atom. The van der Waals surface area contributed by atoms with Gasteiger partial charge in [-0.3, -0.25) is 5.41 Å². The van der Waals surface area contributed by atoms with Gasteiger partial charge in [0.15, 0.2) is 0 Å². The second-order valence-corrected chi connectivity index (χ2v) is 5.93. The molecule has 0 aliphatic rings. The van der Waals surface area contributed by atoms with Gasteiger partial charge >= 0.3 is 0 Å². The summed E-state index contributed by atoms with van der Waals surface area (Å²) in [5, 5.41) is 11.6. The van der Waals surface area contributed by atoms with Crippen LogP contribution in [-0.4, -0.2) is 5.84 Å². The molecule has 4 heteroatoms. The predicted octanol–water partition coefficient (Wildman–Crippen LogP) is 5.96. The summed E-state index contributed by atoms with van der Waals surface area (Å²) in [7, 11) is 0. The summed E-state index contributed by atoms with van der Waals surface area (Å²) in [6.07, 6.45) is 5.40. The monoisotopic (exact) mass is 347 g/mol. The standard InChI is InChI=1S/C18H24ClN3.C2H6/c1-6-7-15(14(5)19)16(10-17(20)21)22-18-12(3)8-11(2)9-13(18)4;1-2/h6-10,22H,1-5H3,(H3,20,21);1-2H3/b7-6-,15-14-,16-10-;. The smallest absolute Gasteiger partial charge is 0.117 e. The van der Waals surface area contributed by atoms with E-state index in [-0.39, 0.29) is 5.84 Å². The molecule has 0 bridgehead atoms. The van der Waals surface area contributed by atoms with Gasteiger partial charge in [-0.05, 0) is 45.7 Å². The maximum Gasteiger partial charge on any atom is 0.117 e. The highest BCUT2D eigenvalue weighted by molar-refractivity contribution is 6.30. The molecule has 24 heavy (non-hydrogen) atoms. The van der Waals surface area contributed by atoms with Crippen LogP contribution in [0.1, 0.15) is 44.4 Å². The van der Waals surface area contributed by atoms with Gasteiger partial charge in [-0.2, -0.15) is 0 Å². The van der Waals surface area contributed by atoms with E-state index in [0.29, 0.717) is 10.7 Å². The van der Waals surface area contributed by atoms with Crippen molar-refractivity contribution in [1.82, 2.24) is 0 Å². The second kappa shape index (κ2) is 10.7. The molecule has 1 rings (SSSR count). The van der Waals surface area contributed by atoms with Crippen molar-refractivity contribution >= 4 is 23.1 Å². The zero-order chi connectivity index (χ0) is 18.9. The average Bonchev–Trinajstić information content (AvgIpc) is 2.48. The predicted molar refractivity (Wildman–Crippen MR) is 109 cm³/mol. The number of allylic oxidation sites excluding steroid dienone is 3. The molecule has 0 aliphatic heterocycles. The molecule has 0 spiro atoms. The van der Waals surface area contributed by atoms with Crippen LogP contribution in [0.15, 0.2) is 46.7 Å². The van der Waals surface area contributed by atoms with Gasteiger partial charge in [-0.1, -0.05) is 55.3 Å². The summed E-state index contributed by atoms with van der Waals surface area (Å²) >= 11 is 6.21. The lowest BCUT2D eigenvalue weighted by molar-refractivity contribution is 1.27. The molecular formula is C20H30ClN3. The zero-order valence-corrected chi connectivity index (χ0v) is 16.6. The van der Waals surface area contributed by atoms with Crippen molar-refractivity contribution in [3.8, 4) is 0 Å². The number of benzene rings is 1. The lowest BCUT2D eigenvalue weighted by Gasteiger charge is -2.18. The Balaban J connectivity index is 0.00000254. The summed E-state index contributed by atoms with van der Waals surface area (Å²) in [6.45, 7) is 13.9. The van der Waals surface area contributed by atoms with E-state index in [1.165, 1.54) is 5.56 Å². The number of halogens is 1. The third-order valence-corrected chi connectivity index (χ3v) is 3.43. The Morgan fingerprint density at radius 2 is 1.67 bits per heavy atom. The minimum absolute atomic E-state index is 0.0233. The van der Waals surface area contributed by atoms with Crippen LogP contribution in [0.25, 0.3) is 0 Å². The van der Waals surface area contributed by atoms with Gasteiger partial charge in [0.05, 0.1) is 5.70 Å². The Morgan fingerprint density at radius 1 is 1.17 bits per heavy atom. The van der Waals surface area contributed by atoms with Crippen molar-refractivity contribution in [3.05, 3.63) is 63.4 Å². The quantitative estimate of drug-likeness (QED) is 0.349. The summed E-state index contributed by atoms with van der Waals surface area (Å²) in [6, 6.07) is 4.24. The van der Waals surface area contributed by atoms with Crippen LogP contribution in [0.2, 0.25) is 0 Å². The second-order valence-electron chi connectivity index (χ2n) is 5.36. The highest BCUT2D eigenvalue weighted by Crippen LogP contribution is 2.27. The number of nitrogens with two attached hydrogens (primary N) is 1. The first-order valence-electron chi connectivity index (χ1n) is 8.16. The molecule has 0 saturated heterocycles. The van der Waals surface area contributed by atoms with Crippen molar-refractivity contribution < 1.29 is 0 Å². The molecule has 132 valence electrons. The van der Waals surface area contributed by atoms with Gasteiger partial charge in [0.25, 0.3) is 0 Å². The molecule has 0 heterocycles. The first kappa shape index (κ1) is 22.0. The molecule has 0 fully saturated rings. The van der Waals surface area contributed by atoms with Gasteiger partial charge < -0.3 is 11.1 Å². The molecule has 1 aromatic rings. The Labute approximate surface area is 151 Å². The normalized spacial score (nSPS) is 12.4. The molecular weight excluding hydrogens is 318 g/mol. The number of amidine groups is 1. The Hall–Kier alpha value is -2.00. The average molecular weight is 348 g/mol. The first-order chi connectivity index (χ1) is 11.3. The minimum atomic E-state index is -0.0233. The van der Waals surface area contributed by atoms with Gasteiger partial charge in [-0.25, -0.2) is 0 Å². The lowest BCUT2D eigenvalue weighted by atomic mass is 10.0. The Bertz CT molecular complexity index is 640. The molecule has 0 radical (unpaired) electrons. The van der Waals surface area contributed by atoms with Crippen LogP contribution in [0.3, 0.4) is 0 Å². The van der Waals surface area contributed by atoms with Crippen LogP contribution >= 0.6 is 11.6 Å². The number of rotatable bonds is 5. The van der Waals surface area contributed by atoms with E-state index in [1.54, 1.807) is 6.08 Å². The van der Waals surface area contributed by atoms with E-state index in [2.05, 4.69) is 38.2 Å². The van der Waals surface area contributed by atoms with E-state index in [9.17, 15) is 0 Å². The highest BCUT2D eigenvalue weighted by Gasteiger charge is 2.10. The lowest BCUT2D eigenvalue weighted by Crippen LogP contribution is -2.12. The SMILES string of the molecule is CC.C\C=C/C(C(=C/C(=N)N)/Nc1c(C)cc(C)cc1C)=C(\C)Cl. The number of anilines is 1. The molecule has 0 unspecified atom stereocenters. The molecule has 0 aliphatic carbocycles. The third-order valence-electron chi connectivity index (χ3n) is 3.23. The van der Waals surface area contributed by atoms with Crippen molar-refractivity contribution in [1.29, 1.82) is 5.41 Å². The summed E-state index contributed by atoms with van der Waals surface area (Å²) < 4.78 is 0. The van der Waals surface area contributed by atoms with Crippen molar-refractivity contribution in [2.24, 2.45) is 5.73 Å². The van der Waals surface area contributed by atoms with E-state index in [1.807, 2.05) is 39.8 Å². The molecule has 4 N–H and O–H groups in total. The number of hydrogen-bond acceptors (Lipinski definition) is 2. The number of aryl methyl sites for hydroxylation is 3. The van der Waals surface area contributed by atoms with Crippen LogP contribution in [0, 0.1) is 26.2 Å². The van der Waals surface area contributed by atoms with Gasteiger partial charge in [0, 0.05) is 22.4 Å². The summed E-state index contributed by atoms with van der Waals surface area (Å²) in [4.78, 5) is 0. The van der Waals surface area contributed by atoms with Crippen LogP contribution < -0.4 is 11.1 Å². The minimum Gasteiger partial charge on any atom is -0.384 e. The van der Waals surface area contributed by atoms with Crippen LogP contribution in [0.5, 0.6) is 0 Å². The largest absolute Gasteiger partial charge is 0.384 e. The van der Waals surface area contributed by atoms with E-state index >= 15 is 0 Å². The molecule has 3 nitrogen and oxygen atoms in total. The van der Waals surface area contributed by atoms with Crippen molar-refractivity contribution in [2.45, 2.75) is 48.5 Å². The van der Waals surface area contributed by atoms with Gasteiger partial charge in [0.2, 0.25) is 0 Å². The summed E-state index contributed by atoms with van der Waals surface area (Å²) in [5.41, 5.74) is 11.6. The maximum absolute atomic E-state index is 7.57. The van der Waals surface area contributed by atoms with Crippen molar-refractivity contribution in [2.75, 3.05) is 5.32 Å². The van der Waals surface area contributed by atoms with Crippen LogP contribution in [0.4, 0.5) is 5.69 Å². The fraction of sp³-hybridized carbons (Fsp3) is 0.350. The number of nitrogens with one attached hydrogen (secondary N) is 2. The molecule has 0 amide bonds. The van der Waals surface area contributed by atoms with E-state index < -0.39 is 0 Å². The highest BCUT2D eigenvalue weighted by atomic mass is 35.5. The third kappa shape index (κ3) is 6.63. The molecule has 0 saturated carbocycles. The van der Waals surface area contributed by atoms with E-state index in [0.717, 1.165) is 22.4 Å². The Kier molecular flexibility index (Phi) is 9.82. The zero-order valence-electron chi connectivity index (χ0n) is 15.8. The maximum atomic E-state index is 7.57. The van der Waals surface area contributed by atoms with Gasteiger partial charge in [0.1, 0.15) is 5.84 Å². The fourth-order valence-corrected chi connectivity index (χ4v) is 2.57. The molecule has 0 aromatic heterocycles. The topological polar surface area (TPSA) is 61.9 Å². The van der Waals surface area contributed by atoms with Crippen LogP contribution in [-0.2, 0) is 0 Å². The van der Waals surface area contributed by atoms with Crippen molar-refractivity contribution in [3.63, 3.8) is 0 Å². The number of hydrogen-bond donors (Lipinski definition) is 3. The molecule has 0 atom stereocenters. The van der Waals surface area contributed by atoms with E-state index in [4.69, 9.17) is 22.7 Å². The molecule has 1 aromatic carbocycles.